The van der Waals surface area contributed by atoms with Gasteiger partial charge in [0.1, 0.15) is 0 Å². The van der Waals surface area contributed by atoms with Gasteiger partial charge in [0.25, 0.3) is 0 Å². The molecule has 1 heteroatoms. The summed E-state index contributed by atoms with van der Waals surface area (Å²) >= 11 is 0. The minimum Gasteiger partial charge on any atom is -0.0620 e. The van der Waals surface area contributed by atoms with Crippen molar-refractivity contribution in [1.82, 2.24) is 0 Å². The Hall–Kier alpha value is -1.86. The molecule has 0 nitrogen and oxygen atoms in total. The Bertz CT molecular complexity index is 898. The standard InChI is InChI=1S/C26H26Si/c1-3-9-19-17(7-1)15-23-21(19)11-5-13-25(23)27-26-14-6-12-22-20-10-4-2-8-18(20)16-24(22)26/h1-4,7-10,25-26H,5-6,11-16H2. The number of allylic oxidation sites excluding steroid dienone is 4. The lowest BCUT2D eigenvalue weighted by molar-refractivity contribution is 0.667. The van der Waals surface area contributed by atoms with Gasteiger partial charge in [-0.1, -0.05) is 59.7 Å². The molecule has 0 saturated heterocycles. The summed E-state index contributed by atoms with van der Waals surface area (Å²) in [5, 5.41) is 0. The fourth-order valence-corrected chi connectivity index (χ4v) is 8.27. The number of benzene rings is 2. The summed E-state index contributed by atoms with van der Waals surface area (Å²) < 4.78 is 0. The molecule has 2 aromatic rings. The van der Waals surface area contributed by atoms with Gasteiger partial charge in [0.2, 0.25) is 0 Å². The van der Waals surface area contributed by atoms with E-state index in [0.717, 1.165) is 20.6 Å². The highest BCUT2D eigenvalue weighted by molar-refractivity contribution is 6.42. The molecule has 4 aliphatic carbocycles. The van der Waals surface area contributed by atoms with Crippen molar-refractivity contribution >= 4 is 20.7 Å². The molecule has 0 fully saturated rings. The van der Waals surface area contributed by atoms with E-state index in [1.807, 2.05) is 11.1 Å². The molecule has 0 amide bonds. The predicted molar refractivity (Wildman–Crippen MR) is 115 cm³/mol. The van der Waals surface area contributed by atoms with Crippen LogP contribution in [0.5, 0.6) is 0 Å². The third-order valence-corrected chi connectivity index (χ3v) is 9.38. The lowest BCUT2D eigenvalue weighted by Gasteiger charge is -2.31. The molecule has 27 heavy (non-hydrogen) atoms. The molecular formula is C26H26Si. The van der Waals surface area contributed by atoms with Crippen LogP contribution >= 0.6 is 0 Å². The van der Waals surface area contributed by atoms with E-state index in [4.69, 9.17) is 0 Å². The molecule has 0 spiro atoms. The van der Waals surface area contributed by atoms with Gasteiger partial charge in [-0.05, 0) is 95.8 Å². The van der Waals surface area contributed by atoms with Crippen LogP contribution in [-0.4, -0.2) is 9.52 Å². The Labute approximate surface area is 165 Å². The van der Waals surface area contributed by atoms with Gasteiger partial charge in [0.05, 0.1) is 9.52 Å². The number of hydrogen-bond acceptors (Lipinski definition) is 0. The number of hydrogen-bond donors (Lipinski definition) is 0. The fraction of sp³-hybridized carbons (Fsp3) is 0.385. The molecular weight excluding hydrogens is 340 g/mol. The Kier molecular flexibility index (Phi) is 3.79. The van der Waals surface area contributed by atoms with E-state index in [0.29, 0.717) is 0 Å². The fourth-order valence-electron chi connectivity index (χ4n) is 6.09. The second kappa shape index (κ2) is 6.34. The molecule has 0 aromatic heterocycles. The first kappa shape index (κ1) is 16.1. The van der Waals surface area contributed by atoms with Crippen LogP contribution in [0.1, 0.15) is 60.8 Å². The van der Waals surface area contributed by atoms with Crippen molar-refractivity contribution in [3.8, 4) is 0 Å². The van der Waals surface area contributed by atoms with Crippen LogP contribution in [0.4, 0.5) is 0 Å². The zero-order chi connectivity index (χ0) is 17.8. The molecule has 0 aliphatic heterocycles. The third kappa shape index (κ3) is 2.55. The van der Waals surface area contributed by atoms with Gasteiger partial charge in [-0.25, -0.2) is 0 Å². The molecule has 6 rings (SSSR count). The second-order valence-electron chi connectivity index (χ2n) is 8.73. The molecule has 2 atom stereocenters. The lowest BCUT2D eigenvalue weighted by atomic mass is 9.90. The summed E-state index contributed by atoms with van der Waals surface area (Å²) in [6.07, 6.45) is 10.8. The van der Waals surface area contributed by atoms with E-state index in [-0.39, 0.29) is 0 Å². The average Bonchev–Trinajstić information content (AvgIpc) is 3.28. The van der Waals surface area contributed by atoms with Crippen molar-refractivity contribution in [3.63, 3.8) is 0 Å². The molecule has 0 heterocycles. The molecule has 0 N–H and O–H groups in total. The zero-order valence-corrected chi connectivity index (χ0v) is 16.9. The van der Waals surface area contributed by atoms with Crippen molar-refractivity contribution in [1.29, 1.82) is 0 Å². The lowest BCUT2D eigenvalue weighted by Crippen LogP contribution is -2.20. The van der Waals surface area contributed by atoms with Crippen molar-refractivity contribution in [3.05, 3.63) is 81.9 Å². The maximum absolute atomic E-state index is 2.37. The summed E-state index contributed by atoms with van der Waals surface area (Å²) in [6.45, 7) is 0. The van der Waals surface area contributed by atoms with Crippen LogP contribution in [0.15, 0.2) is 59.7 Å². The Morgan fingerprint density at radius 3 is 1.63 bits per heavy atom. The second-order valence-corrected chi connectivity index (χ2v) is 10.5. The minimum absolute atomic E-state index is 0.849. The summed E-state index contributed by atoms with van der Waals surface area (Å²) in [7, 11) is 1.10. The van der Waals surface area contributed by atoms with E-state index in [9.17, 15) is 0 Å². The highest BCUT2D eigenvalue weighted by Gasteiger charge is 2.35. The first-order valence-corrected chi connectivity index (χ1v) is 11.9. The van der Waals surface area contributed by atoms with Gasteiger partial charge >= 0.3 is 0 Å². The average molecular weight is 367 g/mol. The van der Waals surface area contributed by atoms with Gasteiger partial charge in [-0.15, -0.1) is 0 Å². The van der Waals surface area contributed by atoms with Crippen LogP contribution < -0.4 is 0 Å². The number of rotatable bonds is 2. The monoisotopic (exact) mass is 366 g/mol. The topological polar surface area (TPSA) is 0 Å². The smallest absolute Gasteiger partial charge is 0.0556 e. The van der Waals surface area contributed by atoms with Crippen molar-refractivity contribution < 1.29 is 0 Å². The van der Waals surface area contributed by atoms with Gasteiger partial charge in [0, 0.05) is 0 Å². The first-order chi connectivity index (χ1) is 13.4. The van der Waals surface area contributed by atoms with E-state index in [1.54, 1.807) is 33.4 Å². The number of fused-ring (bicyclic) bond motifs is 4. The largest absolute Gasteiger partial charge is 0.0620 e. The van der Waals surface area contributed by atoms with Gasteiger partial charge in [-0.2, -0.15) is 0 Å². The normalized spacial score (nSPS) is 25.9. The summed E-state index contributed by atoms with van der Waals surface area (Å²) in [6, 6.07) is 18.4. The van der Waals surface area contributed by atoms with Crippen molar-refractivity contribution in [2.24, 2.45) is 0 Å². The van der Waals surface area contributed by atoms with E-state index < -0.39 is 0 Å². The van der Waals surface area contributed by atoms with Crippen molar-refractivity contribution in [2.75, 3.05) is 0 Å². The molecule has 2 radical (unpaired) electrons. The van der Waals surface area contributed by atoms with Gasteiger partial charge in [0.15, 0.2) is 0 Å². The summed E-state index contributed by atoms with van der Waals surface area (Å²) in [5.74, 6) is 0. The van der Waals surface area contributed by atoms with E-state index in [2.05, 4.69) is 48.5 Å². The third-order valence-electron chi connectivity index (χ3n) is 7.30. The zero-order valence-electron chi connectivity index (χ0n) is 15.9. The van der Waals surface area contributed by atoms with Crippen LogP contribution in [0.25, 0.3) is 11.1 Å². The summed E-state index contributed by atoms with van der Waals surface area (Å²) in [4.78, 5) is 0. The first-order valence-electron chi connectivity index (χ1n) is 10.7. The predicted octanol–water partition coefficient (Wildman–Crippen LogP) is 6.66. The molecule has 2 aromatic carbocycles. The van der Waals surface area contributed by atoms with Crippen LogP contribution in [0, 0.1) is 0 Å². The Morgan fingerprint density at radius 1 is 0.630 bits per heavy atom. The summed E-state index contributed by atoms with van der Waals surface area (Å²) in [5.41, 5.74) is 15.2. The SMILES string of the molecule is c1ccc2c(c1)CC1=C2CCCC1[Si]C1CCCC2=C1Cc1ccccc12. The molecule has 2 unspecified atom stereocenters. The Morgan fingerprint density at radius 2 is 1.11 bits per heavy atom. The molecule has 134 valence electrons. The highest BCUT2D eigenvalue weighted by Crippen LogP contribution is 2.51. The van der Waals surface area contributed by atoms with Crippen molar-refractivity contribution in [2.45, 2.75) is 62.4 Å². The molecule has 0 bridgehead atoms. The van der Waals surface area contributed by atoms with Gasteiger partial charge < -0.3 is 0 Å². The quantitative estimate of drug-likeness (QED) is 0.522. The Balaban J connectivity index is 1.30. The van der Waals surface area contributed by atoms with E-state index >= 15 is 0 Å². The van der Waals surface area contributed by atoms with Crippen LogP contribution in [0.3, 0.4) is 0 Å². The van der Waals surface area contributed by atoms with E-state index in [1.165, 1.54) is 51.4 Å². The molecule has 4 aliphatic rings. The van der Waals surface area contributed by atoms with Gasteiger partial charge in [-0.3, -0.25) is 0 Å². The highest BCUT2D eigenvalue weighted by atomic mass is 28.2. The van der Waals surface area contributed by atoms with Crippen LogP contribution in [0.2, 0.25) is 11.1 Å². The maximum Gasteiger partial charge on any atom is 0.0556 e. The van der Waals surface area contributed by atoms with Crippen LogP contribution in [-0.2, 0) is 12.8 Å². The maximum atomic E-state index is 2.37. The molecule has 0 saturated carbocycles. The minimum atomic E-state index is 0.849.